The van der Waals surface area contributed by atoms with Crippen molar-refractivity contribution in [2.75, 3.05) is 0 Å². The van der Waals surface area contributed by atoms with Gasteiger partial charge in [0.05, 0.1) is 6.10 Å². The number of aliphatic hydroxyl groups excluding tert-OH is 1. The zero-order valence-electron chi connectivity index (χ0n) is 6.43. The number of hydrogen-bond donors (Lipinski definition) is 1. The number of unbranched alkanes of at least 4 members (excludes halogenated alkanes) is 1. The van der Waals surface area contributed by atoms with Crippen molar-refractivity contribution in [3.8, 4) is 0 Å². The average molecular weight is 129 g/mol. The molecular formula is C8H17O. The maximum absolute atomic E-state index is 9.23. The normalized spacial score (nSPS) is 14.3. The number of aliphatic hydroxyl groups is 1. The van der Waals surface area contributed by atoms with Gasteiger partial charge in [0.25, 0.3) is 0 Å². The summed E-state index contributed by atoms with van der Waals surface area (Å²) in [5.41, 5.74) is 0. The van der Waals surface area contributed by atoms with Crippen molar-refractivity contribution in [3.63, 3.8) is 0 Å². The first-order valence-electron chi connectivity index (χ1n) is 3.65. The van der Waals surface area contributed by atoms with Crippen LogP contribution in [0.25, 0.3) is 0 Å². The van der Waals surface area contributed by atoms with E-state index in [2.05, 4.69) is 6.92 Å². The fourth-order valence-electron chi connectivity index (χ4n) is 0.687. The lowest BCUT2D eigenvalue weighted by Gasteiger charge is -2.12. The molecule has 0 amide bonds. The van der Waals surface area contributed by atoms with Crippen LogP contribution >= 0.6 is 0 Å². The van der Waals surface area contributed by atoms with E-state index in [1.54, 1.807) is 0 Å². The van der Waals surface area contributed by atoms with Gasteiger partial charge in [0.2, 0.25) is 0 Å². The molecule has 1 atom stereocenters. The highest BCUT2D eigenvalue weighted by atomic mass is 16.3. The molecule has 0 aromatic rings. The van der Waals surface area contributed by atoms with E-state index in [1.165, 1.54) is 0 Å². The van der Waals surface area contributed by atoms with Gasteiger partial charge in [-0.05, 0) is 12.3 Å². The van der Waals surface area contributed by atoms with E-state index in [1.807, 2.05) is 13.8 Å². The molecule has 1 N–H and O–H groups in total. The molecule has 55 valence electrons. The first-order valence-corrected chi connectivity index (χ1v) is 3.65. The molecule has 9 heavy (non-hydrogen) atoms. The van der Waals surface area contributed by atoms with E-state index in [0.717, 1.165) is 19.3 Å². The lowest BCUT2D eigenvalue weighted by molar-refractivity contribution is 0.114. The molecule has 1 unspecified atom stereocenters. The predicted molar refractivity (Wildman–Crippen MR) is 40.1 cm³/mol. The van der Waals surface area contributed by atoms with E-state index in [4.69, 9.17) is 0 Å². The van der Waals surface area contributed by atoms with E-state index >= 15 is 0 Å². The van der Waals surface area contributed by atoms with Gasteiger partial charge in [-0.3, -0.25) is 0 Å². The van der Waals surface area contributed by atoms with Crippen LogP contribution in [0.15, 0.2) is 0 Å². The van der Waals surface area contributed by atoms with Crippen molar-refractivity contribution in [2.45, 2.75) is 39.2 Å². The summed E-state index contributed by atoms with van der Waals surface area (Å²) in [5.74, 6) is 0.400. The highest BCUT2D eigenvalue weighted by molar-refractivity contribution is 4.59. The molecule has 0 aliphatic rings. The van der Waals surface area contributed by atoms with Crippen LogP contribution in [0.2, 0.25) is 0 Å². The summed E-state index contributed by atoms with van der Waals surface area (Å²) < 4.78 is 0. The van der Waals surface area contributed by atoms with Gasteiger partial charge >= 0.3 is 0 Å². The fourth-order valence-corrected chi connectivity index (χ4v) is 0.687. The van der Waals surface area contributed by atoms with Crippen molar-refractivity contribution in [1.29, 1.82) is 0 Å². The van der Waals surface area contributed by atoms with Crippen LogP contribution in [0.3, 0.4) is 0 Å². The van der Waals surface area contributed by atoms with Crippen molar-refractivity contribution in [2.24, 2.45) is 5.92 Å². The number of rotatable bonds is 4. The Labute approximate surface area is 58.1 Å². The molecule has 0 aliphatic carbocycles. The third-order valence-corrected chi connectivity index (χ3v) is 1.52. The third kappa shape index (κ3) is 4.46. The van der Waals surface area contributed by atoms with Gasteiger partial charge in [0.15, 0.2) is 0 Å². The van der Waals surface area contributed by atoms with Crippen LogP contribution < -0.4 is 0 Å². The van der Waals surface area contributed by atoms with E-state index in [-0.39, 0.29) is 6.10 Å². The molecule has 0 bridgehead atoms. The van der Waals surface area contributed by atoms with Gasteiger partial charge in [-0.2, -0.15) is 0 Å². The highest BCUT2D eigenvalue weighted by Gasteiger charge is 2.06. The second-order valence-electron chi connectivity index (χ2n) is 2.81. The maximum atomic E-state index is 9.23. The summed E-state index contributed by atoms with van der Waals surface area (Å²) in [6.45, 7) is 7.78. The van der Waals surface area contributed by atoms with E-state index < -0.39 is 0 Å². The van der Waals surface area contributed by atoms with Crippen LogP contribution in [-0.2, 0) is 0 Å². The second-order valence-corrected chi connectivity index (χ2v) is 2.81. The lowest BCUT2D eigenvalue weighted by atomic mass is 10.0. The van der Waals surface area contributed by atoms with Gasteiger partial charge in [-0.25, -0.2) is 0 Å². The Hall–Kier alpha value is -0.0400. The summed E-state index contributed by atoms with van der Waals surface area (Å²) in [4.78, 5) is 0. The molecule has 1 nitrogen and oxygen atoms in total. The van der Waals surface area contributed by atoms with E-state index in [9.17, 15) is 5.11 Å². The molecule has 0 rings (SSSR count). The molecule has 1 heteroatoms. The third-order valence-electron chi connectivity index (χ3n) is 1.52. The van der Waals surface area contributed by atoms with Gasteiger partial charge in [0.1, 0.15) is 0 Å². The number of hydrogen-bond acceptors (Lipinski definition) is 1. The minimum absolute atomic E-state index is 0.119. The van der Waals surface area contributed by atoms with Crippen LogP contribution in [-0.4, -0.2) is 11.2 Å². The van der Waals surface area contributed by atoms with Gasteiger partial charge in [-0.1, -0.05) is 33.6 Å². The lowest BCUT2D eigenvalue weighted by Crippen LogP contribution is -2.13. The zero-order valence-corrected chi connectivity index (χ0v) is 6.43. The molecular weight excluding hydrogens is 112 g/mol. The van der Waals surface area contributed by atoms with Gasteiger partial charge in [-0.15, -0.1) is 0 Å². The standard InChI is InChI=1S/C8H17O/c1-4-5-6-8(9)7(2)3/h7-9H,1,4-6H2,2-3H3. The molecule has 0 aromatic carbocycles. The van der Waals surface area contributed by atoms with Crippen LogP contribution in [0, 0.1) is 12.8 Å². The molecule has 1 radical (unpaired) electrons. The van der Waals surface area contributed by atoms with Gasteiger partial charge in [0, 0.05) is 0 Å². The Morgan fingerprint density at radius 1 is 1.44 bits per heavy atom. The Kier molecular flexibility index (Phi) is 4.78. The second kappa shape index (κ2) is 4.80. The molecule has 0 saturated heterocycles. The Balaban J connectivity index is 3.16. The first kappa shape index (κ1) is 8.96. The maximum Gasteiger partial charge on any atom is 0.0563 e. The SMILES string of the molecule is [CH2]CCCC(O)C(C)C. The van der Waals surface area contributed by atoms with Crippen molar-refractivity contribution in [3.05, 3.63) is 6.92 Å². The van der Waals surface area contributed by atoms with Gasteiger partial charge < -0.3 is 5.11 Å². The van der Waals surface area contributed by atoms with Crippen LogP contribution in [0.4, 0.5) is 0 Å². The fraction of sp³-hybridized carbons (Fsp3) is 0.875. The molecule has 0 aliphatic heterocycles. The highest BCUT2D eigenvalue weighted by Crippen LogP contribution is 2.08. The summed E-state index contributed by atoms with van der Waals surface area (Å²) in [5, 5.41) is 9.23. The zero-order chi connectivity index (χ0) is 7.28. The summed E-state index contributed by atoms with van der Waals surface area (Å²) in [6, 6.07) is 0. The van der Waals surface area contributed by atoms with Crippen molar-refractivity contribution >= 4 is 0 Å². The Bertz CT molecular complexity index is 59.6. The monoisotopic (exact) mass is 129 g/mol. The predicted octanol–water partition coefficient (Wildman–Crippen LogP) is 2.01. The summed E-state index contributed by atoms with van der Waals surface area (Å²) in [6.07, 6.45) is 2.76. The molecule has 0 saturated carbocycles. The quantitative estimate of drug-likeness (QED) is 0.615. The molecule has 0 fully saturated rings. The average Bonchev–Trinajstić information content (AvgIpc) is 1.82. The van der Waals surface area contributed by atoms with Crippen LogP contribution in [0.5, 0.6) is 0 Å². The molecule has 0 aromatic heterocycles. The minimum Gasteiger partial charge on any atom is -0.393 e. The Morgan fingerprint density at radius 3 is 2.33 bits per heavy atom. The van der Waals surface area contributed by atoms with Crippen LogP contribution in [0.1, 0.15) is 33.1 Å². The largest absolute Gasteiger partial charge is 0.393 e. The topological polar surface area (TPSA) is 20.2 Å². The van der Waals surface area contributed by atoms with Crippen molar-refractivity contribution in [1.82, 2.24) is 0 Å². The van der Waals surface area contributed by atoms with Crippen molar-refractivity contribution < 1.29 is 5.11 Å². The molecule has 0 heterocycles. The smallest absolute Gasteiger partial charge is 0.0563 e. The first-order chi connectivity index (χ1) is 4.18. The van der Waals surface area contributed by atoms with E-state index in [0.29, 0.717) is 5.92 Å². The molecule has 0 spiro atoms. The Morgan fingerprint density at radius 2 is 2.00 bits per heavy atom. The minimum atomic E-state index is -0.119. The summed E-state index contributed by atoms with van der Waals surface area (Å²) in [7, 11) is 0. The summed E-state index contributed by atoms with van der Waals surface area (Å²) >= 11 is 0.